The van der Waals surface area contributed by atoms with Crippen molar-refractivity contribution >= 4 is 28.9 Å². The molecule has 1 atom stereocenters. The van der Waals surface area contributed by atoms with E-state index in [9.17, 15) is 18.3 Å². The molecule has 0 saturated heterocycles. The van der Waals surface area contributed by atoms with Crippen LogP contribution in [-0.4, -0.2) is 11.5 Å². The molecule has 0 heterocycles. The molecule has 0 fully saturated rings. The topological polar surface area (TPSA) is 55.5 Å². The second-order valence-corrected chi connectivity index (χ2v) is 5.20. The predicted octanol–water partition coefficient (Wildman–Crippen LogP) is 4.56. The molecule has 3 N–H and O–H groups in total. The van der Waals surface area contributed by atoms with Gasteiger partial charge in [0, 0.05) is 21.8 Å². The SMILES string of the molecule is Nc1ccc(Cl)cc1C(O)c1cccc(OC(F)(F)F)c1Cl. The van der Waals surface area contributed by atoms with Crippen molar-refractivity contribution in [3.8, 4) is 5.75 Å². The van der Waals surface area contributed by atoms with Crippen molar-refractivity contribution in [3.63, 3.8) is 0 Å². The fraction of sp³-hybridized carbons (Fsp3) is 0.143. The average molecular weight is 352 g/mol. The zero-order valence-corrected chi connectivity index (χ0v) is 12.4. The molecule has 2 aromatic rings. The van der Waals surface area contributed by atoms with Crippen LogP contribution in [-0.2, 0) is 0 Å². The van der Waals surface area contributed by atoms with Gasteiger partial charge in [0.1, 0.15) is 11.9 Å². The lowest BCUT2D eigenvalue weighted by Gasteiger charge is -2.18. The van der Waals surface area contributed by atoms with Crippen molar-refractivity contribution in [2.45, 2.75) is 12.5 Å². The average Bonchev–Trinajstić information content (AvgIpc) is 2.42. The molecular formula is C14H10Cl2F3NO2. The molecule has 2 aromatic carbocycles. The maximum Gasteiger partial charge on any atom is 0.573 e. The molecule has 0 aromatic heterocycles. The summed E-state index contributed by atoms with van der Waals surface area (Å²) < 4.78 is 40.8. The zero-order chi connectivity index (χ0) is 16.5. The number of rotatable bonds is 3. The minimum Gasteiger partial charge on any atom is -0.404 e. The van der Waals surface area contributed by atoms with Gasteiger partial charge in [0.25, 0.3) is 0 Å². The molecule has 2 rings (SSSR count). The van der Waals surface area contributed by atoms with Gasteiger partial charge in [-0.3, -0.25) is 0 Å². The van der Waals surface area contributed by atoms with Crippen LogP contribution in [0.25, 0.3) is 0 Å². The first kappa shape index (κ1) is 16.7. The fourth-order valence-corrected chi connectivity index (χ4v) is 2.34. The molecule has 8 heteroatoms. The molecule has 22 heavy (non-hydrogen) atoms. The summed E-state index contributed by atoms with van der Waals surface area (Å²) in [6.07, 6.45) is -6.23. The molecule has 0 aliphatic carbocycles. The van der Waals surface area contributed by atoms with E-state index in [2.05, 4.69) is 4.74 Å². The molecule has 3 nitrogen and oxygen atoms in total. The third kappa shape index (κ3) is 3.76. The number of hydrogen-bond acceptors (Lipinski definition) is 3. The van der Waals surface area contributed by atoms with E-state index in [1.165, 1.54) is 30.3 Å². The number of hydrogen-bond donors (Lipinski definition) is 2. The summed E-state index contributed by atoms with van der Waals surface area (Å²) >= 11 is 11.7. The molecule has 0 spiro atoms. The lowest BCUT2D eigenvalue weighted by atomic mass is 10.00. The van der Waals surface area contributed by atoms with Crippen LogP contribution in [0, 0.1) is 0 Å². The van der Waals surface area contributed by atoms with E-state index in [4.69, 9.17) is 28.9 Å². The number of nitrogen functional groups attached to an aromatic ring is 1. The van der Waals surface area contributed by atoms with Crippen molar-refractivity contribution in [3.05, 3.63) is 57.6 Å². The third-order valence-corrected chi connectivity index (χ3v) is 3.50. The summed E-state index contributed by atoms with van der Waals surface area (Å²) in [6.45, 7) is 0. The van der Waals surface area contributed by atoms with Crippen LogP contribution in [0.5, 0.6) is 5.75 Å². The molecule has 0 saturated carbocycles. The first-order chi connectivity index (χ1) is 10.2. The highest BCUT2D eigenvalue weighted by molar-refractivity contribution is 6.33. The number of alkyl halides is 3. The predicted molar refractivity (Wildman–Crippen MR) is 78.1 cm³/mol. The van der Waals surface area contributed by atoms with Crippen LogP contribution in [0.15, 0.2) is 36.4 Å². The molecular weight excluding hydrogens is 342 g/mol. The van der Waals surface area contributed by atoms with Gasteiger partial charge >= 0.3 is 6.36 Å². The number of aliphatic hydroxyl groups excluding tert-OH is 1. The fourth-order valence-electron chi connectivity index (χ4n) is 1.89. The van der Waals surface area contributed by atoms with E-state index in [1.807, 2.05) is 0 Å². The minimum absolute atomic E-state index is 0.0254. The van der Waals surface area contributed by atoms with Crippen molar-refractivity contribution in [1.82, 2.24) is 0 Å². The minimum atomic E-state index is -4.89. The highest BCUT2D eigenvalue weighted by Gasteiger charge is 2.33. The first-order valence-electron chi connectivity index (χ1n) is 5.96. The van der Waals surface area contributed by atoms with Crippen LogP contribution >= 0.6 is 23.2 Å². The Balaban J connectivity index is 2.44. The van der Waals surface area contributed by atoms with E-state index in [0.717, 1.165) is 6.07 Å². The van der Waals surface area contributed by atoms with Crippen molar-refractivity contribution in [2.24, 2.45) is 0 Å². The Labute approximate surface area is 134 Å². The zero-order valence-electron chi connectivity index (χ0n) is 10.9. The Morgan fingerprint density at radius 3 is 2.41 bits per heavy atom. The molecule has 1 unspecified atom stereocenters. The standard InChI is InChI=1S/C14H10Cl2F3NO2/c15-7-4-5-10(20)9(6-7)13(21)8-2-1-3-11(12(8)16)22-14(17,18)19/h1-6,13,21H,20H2. The smallest absolute Gasteiger partial charge is 0.404 e. The molecule has 118 valence electrons. The summed E-state index contributed by atoms with van der Waals surface area (Å²) in [7, 11) is 0. The Kier molecular flexibility index (Phi) is 4.75. The first-order valence-corrected chi connectivity index (χ1v) is 6.72. The largest absolute Gasteiger partial charge is 0.573 e. The number of nitrogens with two attached hydrogens (primary N) is 1. The summed E-state index contributed by atoms with van der Waals surface area (Å²) in [5, 5.41) is 10.3. The highest BCUT2D eigenvalue weighted by Crippen LogP contribution is 2.38. The van der Waals surface area contributed by atoms with Gasteiger partial charge in [0.05, 0.1) is 5.02 Å². The van der Waals surface area contributed by atoms with Gasteiger partial charge in [-0.2, -0.15) is 0 Å². The van der Waals surface area contributed by atoms with Gasteiger partial charge in [-0.15, -0.1) is 13.2 Å². The number of anilines is 1. The molecule has 0 amide bonds. The second-order valence-electron chi connectivity index (χ2n) is 4.38. The van der Waals surface area contributed by atoms with Gasteiger partial charge in [-0.05, 0) is 24.3 Å². The lowest BCUT2D eigenvalue weighted by Crippen LogP contribution is -2.17. The quantitative estimate of drug-likeness (QED) is 0.797. The maximum atomic E-state index is 12.3. The summed E-state index contributed by atoms with van der Waals surface area (Å²) in [6, 6.07) is 8.12. The van der Waals surface area contributed by atoms with Crippen LogP contribution in [0.3, 0.4) is 0 Å². The Bertz CT molecular complexity index is 692. The van der Waals surface area contributed by atoms with Gasteiger partial charge in [0.2, 0.25) is 0 Å². The van der Waals surface area contributed by atoms with Gasteiger partial charge in [-0.25, -0.2) is 0 Å². The third-order valence-electron chi connectivity index (χ3n) is 2.86. The number of benzene rings is 2. The van der Waals surface area contributed by atoms with E-state index < -0.39 is 18.2 Å². The van der Waals surface area contributed by atoms with Gasteiger partial charge < -0.3 is 15.6 Å². The summed E-state index contributed by atoms with van der Waals surface area (Å²) in [5.74, 6) is -0.605. The number of ether oxygens (including phenoxy) is 1. The molecule has 0 aliphatic heterocycles. The van der Waals surface area contributed by atoms with Crippen molar-refractivity contribution < 1.29 is 23.0 Å². The van der Waals surface area contributed by atoms with Crippen LogP contribution in [0.1, 0.15) is 17.2 Å². The normalized spacial score (nSPS) is 13.0. The molecule has 0 radical (unpaired) electrons. The Morgan fingerprint density at radius 1 is 1.09 bits per heavy atom. The molecule has 0 aliphatic rings. The lowest BCUT2D eigenvalue weighted by molar-refractivity contribution is -0.274. The molecule has 0 bridgehead atoms. The monoisotopic (exact) mass is 351 g/mol. The number of aliphatic hydroxyl groups is 1. The second kappa shape index (κ2) is 6.24. The summed E-state index contributed by atoms with van der Waals surface area (Å²) in [5.41, 5.74) is 6.24. The van der Waals surface area contributed by atoms with Crippen LogP contribution in [0.4, 0.5) is 18.9 Å². The Hall–Kier alpha value is -1.63. The number of halogens is 5. The van der Waals surface area contributed by atoms with Crippen molar-refractivity contribution in [1.29, 1.82) is 0 Å². The maximum absolute atomic E-state index is 12.3. The van der Waals surface area contributed by atoms with E-state index in [0.29, 0.717) is 5.02 Å². The van der Waals surface area contributed by atoms with Crippen molar-refractivity contribution in [2.75, 3.05) is 5.73 Å². The van der Waals surface area contributed by atoms with E-state index in [-0.39, 0.29) is 21.8 Å². The van der Waals surface area contributed by atoms with Gasteiger partial charge in [-0.1, -0.05) is 35.3 Å². The highest BCUT2D eigenvalue weighted by atomic mass is 35.5. The Morgan fingerprint density at radius 2 is 1.77 bits per heavy atom. The van der Waals surface area contributed by atoms with Gasteiger partial charge in [0.15, 0.2) is 0 Å². The van der Waals surface area contributed by atoms with E-state index >= 15 is 0 Å². The van der Waals surface area contributed by atoms with E-state index in [1.54, 1.807) is 0 Å². The van der Waals surface area contributed by atoms with Crippen LogP contribution in [0.2, 0.25) is 10.0 Å². The summed E-state index contributed by atoms with van der Waals surface area (Å²) in [4.78, 5) is 0. The van der Waals surface area contributed by atoms with Crippen LogP contribution < -0.4 is 10.5 Å².